The molecule has 0 aliphatic rings. The van der Waals surface area contributed by atoms with Gasteiger partial charge in [-0.1, -0.05) is 30.3 Å². The van der Waals surface area contributed by atoms with Gasteiger partial charge in [0.25, 0.3) is 0 Å². The summed E-state index contributed by atoms with van der Waals surface area (Å²) in [7, 11) is 0. The van der Waals surface area contributed by atoms with E-state index in [4.69, 9.17) is 4.74 Å². The number of nitrogens with zero attached hydrogens (tertiary/aromatic N) is 2. The second-order valence-electron chi connectivity index (χ2n) is 3.29. The minimum atomic E-state index is 0.678. The van der Waals surface area contributed by atoms with Crippen LogP contribution in [0.2, 0.25) is 0 Å². The lowest BCUT2D eigenvalue weighted by Gasteiger charge is -2.00. The molecule has 2 aromatic rings. The van der Waals surface area contributed by atoms with E-state index in [-0.39, 0.29) is 0 Å². The molecule has 0 unspecified atom stereocenters. The van der Waals surface area contributed by atoms with E-state index >= 15 is 0 Å². The molecule has 78 valence electrons. The largest absolute Gasteiger partial charge is 0.491 e. The van der Waals surface area contributed by atoms with Gasteiger partial charge in [0.1, 0.15) is 0 Å². The quantitative estimate of drug-likeness (QED) is 0.760. The number of hydrogen-bond acceptors (Lipinski definition) is 2. The molecular formula is C12H14N2O. The molecule has 1 aromatic heterocycles. The van der Waals surface area contributed by atoms with Gasteiger partial charge >= 0.3 is 0 Å². The maximum Gasteiger partial charge on any atom is 0.157 e. The molecule has 0 bridgehead atoms. The van der Waals surface area contributed by atoms with Crippen molar-refractivity contribution >= 4 is 0 Å². The second kappa shape index (κ2) is 4.64. The summed E-state index contributed by atoms with van der Waals surface area (Å²) >= 11 is 0. The summed E-state index contributed by atoms with van der Waals surface area (Å²) in [5.41, 5.74) is 1.24. The third-order valence-electron chi connectivity index (χ3n) is 2.11. The van der Waals surface area contributed by atoms with E-state index in [0.29, 0.717) is 6.61 Å². The molecule has 0 aliphatic heterocycles. The number of ether oxygens (including phenoxy) is 1. The summed E-state index contributed by atoms with van der Waals surface area (Å²) in [5, 5.41) is 4.22. The van der Waals surface area contributed by atoms with E-state index < -0.39 is 0 Å². The van der Waals surface area contributed by atoms with Gasteiger partial charge in [0.2, 0.25) is 0 Å². The zero-order chi connectivity index (χ0) is 10.5. The van der Waals surface area contributed by atoms with E-state index in [9.17, 15) is 0 Å². The van der Waals surface area contributed by atoms with Gasteiger partial charge in [-0.15, -0.1) is 0 Å². The Morgan fingerprint density at radius 2 is 2.07 bits per heavy atom. The highest BCUT2D eigenvalue weighted by atomic mass is 16.5. The van der Waals surface area contributed by atoms with Gasteiger partial charge in [-0.05, 0) is 12.5 Å². The van der Waals surface area contributed by atoms with Crippen LogP contribution in [-0.2, 0) is 6.54 Å². The van der Waals surface area contributed by atoms with Crippen molar-refractivity contribution in [3.8, 4) is 5.75 Å². The minimum Gasteiger partial charge on any atom is -0.491 e. The van der Waals surface area contributed by atoms with Gasteiger partial charge in [0, 0.05) is 0 Å². The summed E-state index contributed by atoms with van der Waals surface area (Å²) in [6.45, 7) is 3.43. The van der Waals surface area contributed by atoms with Gasteiger partial charge in [0.15, 0.2) is 5.75 Å². The first-order valence-corrected chi connectivity index (χ1v) is 5.07. The van der Waals surface area contributed by atoms with Gasteiger partial charge in [-0.3, -0.25) is 4.68 Å². The molecule has 0 fully saturated rings. The maximum absolute atomic E-state index is 5.34. The summed E-state index contributed by atoms with van der Waals surface area (Å²) in [4.78, 5) is 0. The molecule has 0 atom stereocenters. The minimum absolute atomic E-state index is 0.678. The van der Waals surface area contributed by atoms with E-state index in [1.54, 1.807) is 6.20 Å². The Kier molecular flexibility index (Phi) is 3.02. The maximum atomic E-state index is 5.34. The van der Waals surface area contributed by atoms with E-state index in [2.05, 4.69) is 17.2 Å². The van der Waals surface area contributed by atoms with Crippen LogP contribution in [-0.4, -0.2) is 16.4 Å². The van der Waals surface area contributed by atoms with Crippen molar-refractivity contribution in [1.82, 2.24) is 9.78 Å². The molecule has 2 rings (SSSR count). The van der Waals surface area contributed by atoms with Crippen LogP contribution < -0.4 is 4.74 Å². The summed E-state index contributed by atoms with van der Waals surface area (Å²) in [6.07, 6.45) is 3.66. The lowest BCUT2D eigenvalue weighted by atomic mass is 10.2. The number of aromatic nitrogens is 2. The molecule has 3 nitrogen and oxygen atoms in total. The predicted molar refractivity (Wildman–Crippen MR) is 58.9 cm³/mol. The fourth-order valence-electron chi connectivity index (χ4n) is 1.44. The van der Waals surface area contributed by atoms with Gasteiger partial charge < -0.3 is 4.74 Å². The van der Waals surface area contributed by atoms with Crippen molar-refractivity contribution in [3.63, 3.8) is 0 Å². The van der Waals surface area contributed by atoms with Crippen LogP contribution in [0.5, 0.6) is 5.75 Å². The molecule has 3 heteroatoms. The Hall–Kier alpha value is -1.77. The molecule has 0 radical (unpaired) electrons. The molecular weight excluding hydrogens is 188 g/mol. The standard InChI is InChI=1S/C12H14N2O/c1-2-15-12-8-13-14(10-12)9-11-6-4-3-5-7-11/h3-8,10H,2,9H2,1H3. The third-order valence-corrected chi connectivity index (χ3v) is 2.11. The molecule has 0 aliphatic carbocycles. The van der Waals surface area contributed by atoms with Gasteiger partial charge in [-0.2, -0.15) is 5.10 Å². The second-order valence-corrected chi connectivity index (χ2v) is 3.29. The SMILES string of the molecule is CCOc1cnn(Cc2ccccc2)c1. The van der Waals surface area contributed by atoms with Crippen LogP contribution in [0.1, 0.15) is 12.5 Å². The zero-order valence-corrected chi connectivity index (χ0v) is 8.76. The summed E-state index contributed by atoms with van der Waals surface area (Å²) in [5.74, 6) is 0.827. The Balaban J connectivity index is 2.05. The van der Waals surface area contributed by atoms with E-state index in [1.165, 1.54) is 5.56 Å². The third kappa shape index (κ3) is 2.59. The van der Waals surface area contributed by atoms with Crippen LogP contribution in [0, 0.1) is 0 Å². The average Bonchev–Trinajstić information content (AvgIpc) is 2.68. The Morgan fingerprint density at radius 1 is 1.27 bits per heavy atom. The fraction of sp³-hybridized carbons (Fsp3) is 0.250. The first-order chi connectivity index (χ1) is 7.38. The molecule has 1 heterocycles. The lowest BCUT2D eigenvalue weighted by Crippen LogP contribution is -1.99. The predicted octanol–water partition coefficient (Wildman–Crippen LogP) is 2.33. The monoisotopic (exact) mass is 202 g/mol. The Bertz CT molecular complexity index is 409. The van der Waals surface area contributed by atoms with Crippen molar-refractivity contribution in [2.24, 2.45) is 0 Å². The average molecular weight is 202 g/mol. The number of hydrogen-bond donors (Lipinski definition) is 0. The normalized spacial score (nSPS) is 10.2. The van der Waals surface area contributed by atoms with Crippen molar-refractivity contribution in [3.05, 3.63) is 48.3 Å². The zero-order valence-electron chi connectivity index (χ0n) is 8.76. The highest BCUT2D eigenvalue weighted by Gasteiger charge is 1.98. The number of benzene rings is 1. The van der Waals surface area contributed by atoms with Crippen LogP contribution in [0.3, 0.4) is 0 Å². The van der Waals surface area contributed by atoms with Crippen molar-refractivity contribution < 1.29 is 4.74 Å². The highest BCUT2D eigenvalue weighted by Crippen LogP contribution is 2.09. The molecule has 0 saturated heterocycles. The van der Waals surface area contributed by atoms with Crippen molar-refractivity contribution in [2.75, 3.05) is 6.61 Å². The molecule has 0 amide bonds. The van der Waals surface area contributed by atoms with Gasteiger partial charge in [0.05, 0.1) is 25.5 Å². The first-order valence-electron chi connectivity index (χ1n) is 5.07. The van der Waals surface area contributed by atoms with Crippen LogP contribution >= 0.6 is 0 Å². The molecule has 0 N–H and O–H groups in total. The van der Waals surface area contributed by atoms with Crippen LogP contribution in [0.4, 0.5) is 0 Å². The molecule has 0 saturated carbocycles. The lowest BCUT2D eigenvalue weighted by molar-refractivity contribution is 0.340. The van der Waals surface area contributed by atoms with E-state index in [0.717, 1.165) is 12.3 Å². The fourth-order valence-corrected chi connectivity index (χ4v) is 1.44. The molecule has 15 heavy (non-hydrogen) atoms. The Labute approximate surface area is 89.3 Å². The number of rotatable bonds is 4. The molecule has 1 aromatic carbocycles. The topological polar surface area (TPSA) is 27.1 Å². The van der Waals surface area contributed by atoms with Gasteiger partial charge in [-0.25, -0.2) is 0 Å². The summed E-state index contributed by atoms with van der Waals surface area (Å²) in [6, 6.07) is 10.2. The highest BCUT2D eigenvalue weighted by molar-refractivity contribution is 5.17. The van der Waals surface area contributed by atoms with Crippen LogP contribution in [0.25, 0.3) is 0 Å². The smallest absolute Gasteiger partial charge is 0.157 e. The van der Waals surface area contributed by atoms with Crippen LogP contribution in [0.15, 0.2) is 42.7 Å². The first kappa shape index (κ1) is 9.77. The van der Waals surface area contributed by atoms with E-state index in [1.807, 2.05) is 36.0 Å². The molecule has 0 spiro atoms. The Morgan fingerprint density at radius 3 is 2.80 bits per heavy atom. The van der Waals surface area contributed by atoms with Crippen molar-refractivity contribution in [1.29, 1.82) is 0 Å². The van der Waals surface area contributed by atoms with Crippen molar-refractivity contribution in [2.45, 2.75) is 13.5 Å². The summed E-state index contributed by atoms with van der Waals surface area (Å²) < 4.78 is 7.22.